The molecule has 1 fully saturated rings. The monoisotopic (exact) mass is 508 g/mol. The van der Waals surface area contributed by atoms with Crippen molar-refractivity contribution in [1.82, 2.24) is 20.9 Å². The van der Waals surface area contributed by atoms with Gasteiger partial charge in [0.25, 0.3) is 5.91 Å². The number of carbonyl (C=O) groups is 4. The van der Waals surface area contributed by atoms with Gasteiger partial charge >= 0.3 is 0 Å². The van der Waals surface area contributed by atoms with Crippen LogP contribution >= 0.6 is 0 Å². The highest BCUT2D eigenvalue weighted by Gasteiger charge is 2.29. The minimum absolute atomic E-state index is 0.0395. The molecule has 5 N–H and O–H groups in total. The van der Waals surface area contributed by atoms with Crippen LogP contribution in [-0.4, -0.2) is 59.3 Å². The molecule has 0 radical (unpaired) electrons. The van der Waals surface area contributed by atoms with Crippen molar-refractivity contribution in [3.8, 4) is 0 Å². The number of halogens is 2. The maximum atomic E-state index is 13.8. The molecule has 1 aliphatic heterocycles. The second-order valence-electron chi connectivity index (χ2n) is 10.3. The van der Waals surface area contributed by atoms with Crippen LogP contribution in [0.1, 0.15) is 57.4 Å². The van der Waals surface area contributed by atoms with Crippen molar-refractivity contribution in [3.63, 3.8) is 0 Å². The van der Waals surface area contributed by atoms with Gasteiger partial charge in [0.1, 0.15) is 23.9 Å². The summed E-state index contributed by atoms with van der Waals surface area (Å²) >= 11 is 0. The number of H-pyrrole nitrogens is 1. The predicted molar refractivity (Wildman–Crippen MR) is 130 cm³/mol. The fourth-order valence-electron chi connectivity index (χ4n) is 3.51. The van der Waals surface area contributed by atoms with E-state index in [0.717, 1.165) is 12.5 Å². The number of rotatable bonds is 8. The second kappa shape index (κ2) is 12.6. The number of aromatic nitrogens is 1. The van der Waals surface area contributed by atoms with Gasteiger partial charge in [0.05, 0.1) is 18.1 Å². The molecule has 0 unspecified atom stereocenters. The molecule has 1 aliphatic rings. The first-order valence-corrected chi connectivity index (χ1v) is 11.7. The molecule has 9 nitrogen and oxygen atoms in total. The summed E-state index contributed by atoms with van der Waals surface area (Å²) in [5.74, 6) is -4.41. The van der Waals surface area contributed by atoms with E-state index in [9.17, 15) is 28.0 Å². The molecule has 0 bridgehead atoms. The van der Waals surface area contributed by atoms with Crippen LogP contribution in [-0.2, 0) is 14.4 Å². The van der Waals surface area contributed by atoms with E-state index in [-0.39, 0.29) is 28.9 Å². The van der Waals surface area contributed by atoms with Crippen molar-refractivity contribution >= 4 is 34.4 Å². The van der Waals surface area contributed by atoms with Crippen LogP contribution < -0.4 is 16.0 Å². The molecule has 1 aromatic carbocycles. The summed E-state index contributed by atoms with van der Waals surface area (Å²) in [5.41, 5.74) is 0.379. The van der Waals surface area contributed by atoms with Crippen LogP contribution in [0.4, 0.5) is 8.78 Å². The van der Waals surface area contributed by atoms with Gasteiger partial charge in [-0.25, -0.2) is 8.78 Å². The number of carbonyl (C=O) groups excluding carboxylic acids is 4. The fraction of sp³-hybridized carbons (Fsp3) is 0.520. The molecular weight excluding hydrogens is 474 g/mol. The van der Waals surface area contributed by atoms with Crippen LogP contribution in [0.3, 0.4) is 0 Å². The fourth-order valence-corrected chi connectivity index (χ4v) is 3.51. The average Bonchev–Trinajstić information content (AvgIpc) is 3.21. The molecule has 0 aliphatic carbocycles. The number of piperidine rings is 1. The molecule has 1 saturated heterocycles. The van der Waals surface area contributed by atoms with Crippen LogP contribution in [0, 0.1) is 23.0 Å². The van der Waals surface area contributed by atoms with Gasteiger partial charge in [-0.2, -0.15) is 0 Å². The third kappa shape index (κ3) is 9.03. The molecule has 0 spiro atoms. The van der Waals surface area contributed by atoms with Crippen molar-refractivity contribution in [2.75, 3.05) is 19.7 Å². The molecule has 2 heterocycles. The molecule has 36 heavy (non-hydrogen) atoms. The first-order chi connectivity index (χ1) is 16.8. The quantitative estimate of drug-likeness (QED) is 0.372. The van der Waals surface area contributed by atoms with Crippen molar-refractivity contribution in [3.05, 3.63) is 35.5 Å². The first-order valence-electron chi connectivity index (χ1n) is 11.7. The van der Waals surface area contributed by atoms with Crippen LogP contribution in [0.5, 0.6) is 0 Å². The lowest BCUT2D eigenvalue weighted by Crippen LogP contribution is -2.49. The SMILES string of the molecule is CC(C)(C)C.O=C(CNC(=O)c1cc2cc(F)cc(F)c2[nH]1)N[C@@H](C[C@@H]1CCCNC1=O)C(=O)CO. The molecule has 3 rings (SSSR count). The summed E-state index contributed by atoms with van der Waals surface area (Å²) in [6.45, 7) is 8.00. The van der Waals surface area contributed by atoms with Gasteiger partial charge in [0, 0.05) is 23.9 Å². The maximum Gasteiger partial charge on any atom is 0.268 e. The minimum atomic E-state index is -1.08. The Bertz CT molecular complexity index is 1100. The third-order valence-electron chi connectivity index (χ3n) is 5.10. The Morgan fingerprint density at radius 1 is 1.17 bits per heavy atom. The van der Waals surface area contributed by atoms with E-state index in [1.807, 2.05) is 0 Å². The van der Waals surface area contributed by atoms with E-state index in [0.29, 0.717) is 24.4 Å². The number of Topliss-reactive ketones (excluding diaryl/α,β-unsaturated/α-hetero) is 1. The summed E-state index contributed by atoms with van der Waals surface area (Å²) in [4.78, 5) is 50.9. The number of aromatic amines is 1. The van der Waals surface area contributed by atoms with Gasteiger partial charge in [-0.1, -0.05) is 27.7 Å². The number of benzene rings is 1. The van der Waals surface area contributed by atoms with E-state index >= 15 is 0 Å². The molecule has 3 amide bonds. The van der Waals surface area contributed by atoms with Crippen LogP contribution in [0.15, 0.2) is 18.2 Å². The molecule has 0 saturated carbocycles. The van der Waals surface area contributed by atoms with E-state index in [2.05, 4.69) is 48.6 Å². The van der Waals surface area contributed by atoms with Crippen molar-refractivity contribution in [2.45, 2.75) is 53.0 Å². The van der Waals surface area contributed by atoms with Crippen LogP contribution in [0.2, 0.25) is 0 Å². The Kier molecular flexibility index (Phi) is 10.1. The summed E-state index contributed by atoms with van der Waals surface area (Å²) < 4.78 is 27.1. The summed E-state index contributed by atoms with van der Waals surface area (Å²) in [6, 6.07) is 1.91. The van der Waals surface area contributed by atoms with Gasteiger partial charge < -0.3 is 26.0 Å². The zero-order valence-electron chi connectivity index (χ0n) is 21.0. The molecule has 198 valence electrons. The number of aliphatic hydroxyl groups excluding tert-OH is 1. The van der Waals surface area contributed by atoms with E-state index in [4.69, 9.17) is 5.11 Å². The average molecular weight is 509 g/mol. The number of hydrogen-bond acceptors (Lipinski definition) is 5. The maximum absolute atomic E-state index is 13.8. The topological polar surface area (TPSA) is 140 Å². The lowest BCUT2D eigenvalue weighted by molar-refractivity contribution is -0.131. The van der Waals surface area contributed by atoms with Gasteiger partial charge in [-0.15, -0.1) is 0 Å². The molecule has 11 heteroatoms. The number of aliphatic hydroxyl groups is 1. The zero-order valence-corrected chi connectivity index (χ0v) is 21.0. The van der Waals surface area contributed by atoms with Crippen LogP contribution in [0.25, 0.3) is 10.9 Å². The Labute approximate surface area is 208 Å². The zero-order chi connectivity index (χ0) is 27.0. The molecule has 1 aromatic heterocycles. The highest BCUT2D eigenvalue weighted by atomic mass is 19.1. The first kappa shape index (κ1) is 28.9. The van der Waals surface area contributed by atoms with Crippen molar-refractivity contribution < 1.29 is 33.1 Å². The number of amides is 3. The third-order valence-corrected chi connectivity index (χ3v) is 5.10. The largest absolute Gasteiger partial charge is 0.389 e. The van der Waals surface area contributed by atoms with Crippen molar-refractivity contribution in [1.29, 1.82) is 0 Å². The Hall–Kier alpha value is -3.34. The number of ketones is 1. The minimum Gasteiger partial charge on any atom is -0.389 e. The lowest BCUT2D eigenvalue weighted by Gasteiger charge is -2.26. The van der Waals surface area contributed by atoms with Gasteiger partial charge in [0.15, 0.2) is 5.78 Å². The summed E-state index contributed by atoms with van der Waals surface area (Å²) in [5, 5.41) is 16.7. The summed E-state index contributed by atoms with van der Waals surface area (Å²) in [6.07, 6.45) is 1.35. The van der Waals surface area contributed by atoms with Gasteiger partial charge in [0.2, 0.25) is 11.8 Å². The Balaban J connectivity index is 0.000000830. The number of nitrogens with one attached hydrogen (secondary N) is 4. The standard InChI is InChI=1S/C20H22F2N4O5.C5H12/c21-12-4-11-6-15(26-18(11)13(22)7-12)20(31)24-8-17(29)25-14(16(28)9-27)5-10-2-1-3-23-19(10)30;1-5(2,3)4/h4,6-7,10,14,26-27H,1-3,5,8-9H2,(H,23,30)(H,24,31)(H,25,29);1-4H3/t10-,14-;/m0./s1. The van der Waals surface area contributed by atoms with Gasteiger partial charge in [-0.05, 0) is 36.8 Å². The molecule has 2 atom stereocenters. The number of hydrogen-bond donors (Lipinski definition) is 5. The van der Waals surface area contributed by atoms with E-state index in [1.54, 1.807) is 0 Å². The normalized spacial score (nSPS) is 16.4. The highest BCUT2D eigenvalue weighted by molar-refractivity contribution is 6.00. The van der Waals surface area contributed by atoms with E-state index < -0.39 is 54.3 Å². The van der Waals surface area contributed by atoms with Gasteiger partial charge in [-0.3, -0.25) is 19.2 Å². The second-order valence-corrected chi connectivity index (χ2v) is 10.3. The molecule has 2 aromatic rings. The number of fused-ring (bicyclic) bond motifs is 1. The Morgan fingerprint density at radius 2 is 1.83 bits per heavy atom. The lowest BCUT2D eigenvalue weighted by atomic mass is 9.90. The molecular formula is C25H34F2N4O5. The Morgan fingerprint density at radius 3 is 2.44 bits per heavy atom. The predicted octanol–water partition coefficient (Wildman–Crippen LogP) is 2.19. The smallest absolute Gasteiger partial charge is 0.268 e. The van der Waals surface area contributed by atoms with Crippen molar-refractivity contribution in [2.24, 2.45) is 11.3 Å². The summed E-state index contributed by atoms with van der Waals surface area (Å²) in [7, 11) is 0. The highest BCUT2D eigenvalue weighted by Crippen LogP contribution is 2.20. The van der Waals surface area contributed by atoms with E-state index in [1.165, 1.54) is 6.07 Å².